The molecule has 10 heteroatoms. The lowest BCUT2D eigenvalue weighted by Crippen LogP contribution is -2.44. The van der Waals surface area contributed by atoms with E-state index < -0.39 is 36.5 Å². The molecule has 2 heterocycles. The molecule has 1 aliphatic rings. The molecule has 0 saturated carbocycles. The Kier molecular flexibility index (Phi) is 9.33. The summed E-state index contributed by atoms with van der Waals surface area (Å²) in [4.78, 5) is 35.4. The van der Waals surface area contributed by atoms with Gasteiger partial charge in [-0.2, -0.15) is 0 Å². The summed E-state index contributed by atoms with van der Waals surface area (Å²) >= 11 is 0. The largest absolute Gasteiger partial charge is 0.467 e. The molecule has 0 radical (unpaired) electrons. The Balaban J connectivity index is 1.91. The lowest BCUT2D eigenvalue weighted by atomic mass is 10.0. The number of carbonyl (C=O) groups excluding carboxylic acids is 3. The second kappa shape index (κ2) is 12.4. The molecule has 1 aromatic carbocycles. The van der Waals surface area contributed by atoms with E-state index >= 15 is 0 Å². The lowest BCUT2D eigenvalue weighted by Gasteiger charge is -2.33. The Bertz CT molecular complexity index is 1130. The maximum absolute atomic E-state index is 12.1. The molecule has 1 aromatic heterocycles. The number of hydrogen-bond donors (Lipinski definition) is 1. The van der Waals surface area contributed by atoms with E-state index in [9.17, 15) is 19.5 Å². The number of aliphatic hydroxyl groups excluding tert-OH is 1. The van der Waals surface area contributed by atoms with Crippen LogP contribution in [0.25, 0.3) is 11.0 Å². The fraction of sp³-hybridized carbons (Fsp3) is 0.500. The van der Waals surface area contributed by atoms with Crippen molar-refractivity contribution in [3.63, 3.8) is 0 Å². The minimum absolute atomic E-state index is 0.0742. The number of aryl methyl sites for hydroxylation is 1. The number of carbonyl (C=O) groups is 3. The van der Waals surface area contributed by atoms with Crippen molar-refractivity contribution in [3.8, 4) is 18.1 Å². The number of aliphatic hydroxyl groups is 1. The molecule has 1 fully saturated rings. The second-order valence-electron chi connectivity index (χ2n) is 8.24. The summed E-state index contributed by atoms with van der Waals surface area (Å²) in [6, 6.07) is 4.97. The van der Waals surface area contributed by atoms with Gasteiger partial charge >= 0.3 is 17.9 Å². The summed E-state index contributed by atoms with van der Waals surface area (Å²) in [5.74, 6) is 1.81. The SMILES string of the molecule is C#CCC(O)c1ccc(O[C@H]2CC(OC(C)=O)C[C@@H](C(=O)OC)O2)c2cc(CCC(=O)OCC)oc12. The molecule has 4 atom stereocenters. The average molecular weight is 503 g/mol. The molecular formula is C26H30O10. The Morgan fingerprint density at radius 3 is 2.72 bits per heavy atom. The van der Waals surface area contributed by atoms with Crippen LogP contribution in [0.4, 0.5) is 0 Å². The zero-order valence-corrected chi connectivity index (χ0v) is 20.5. The summed E-state index contributed by atoms with van der Waals surface area (Å²) < 4.78 is 32.9. The van der Waals surface area contributed by atoms with E-state index in [1.165, 1.54) is 14.0 Å². The molecule has 3 rings (SSSR count). The standard InChI is InChI=1S/C26H30O10/c1-5-7-20(28)18-9-10-21(19-12-16(34-25(18)19)8-11-23(29)32-6-2)35-24-14-17(33-15(3)27)13-22(36-24)26(30)31-4/h1,9-10,12,17,20,22,24,28H,6-8,11,13-14H2,2-4H3/t17?,20?,22-,24+/m0/s1. The lowest BCUT2D eigenvalue weighted by molar-refractivity contribution is -0.204. The first-order chi connectivity index (χ1) is 17.2. The number of benzene rings is 1. The van der Waals surface area contributed by atoms with Gasteiger partial charge in [0.05, 0.1) is 31.6 Å². The number of hydrogen-bond acceptors (Lipinski definition) is 10. The van der Waals surface area contributed by atoms with Gasteiger partial charge in [-0.25, -0.2) is 4.79 Å². The average Bonchev–Trinajstić information content (AvgIpc) is 3.27. The van der Waals surface area contributed by atoms with Crippen LogP contribution in [0.5, 0.6) is 5.75 Å². The van der Waals surface area contributed by atoms with Gasteiger partial charge in [-0.1, -0.05) is 0 Å². The predicted molar refractivity (Wildman–Crippen MR) is 126 cm³/mol. The molecule has 1 N–H and O–H groups in total. The number of fused-ring (bicyclic) bond motifs is 1. The molecule has 0 bridgehead atoms. The number of esters is 3. The Morgan fingerprint density at radius 1 is 1.28 bits per heavy atom. The Hall–Kier alpha value is -3.55. The van der Waals surface area contributed by atoms with Crippen LogP contribution in [0.1, 0.15) is 57.0 Å². The van der Waals surface area contributed by atoms with Gasteiger partial charge in [-0.05, 0) is 25.1 Å². The predicted octanol–water partition coefficient (Wildman–Crippen LogP) is 2.97. The van der Waals surface area contributed by atoms with E-state index in [2.05, 4.69) is 5.92 Å². The van der Waals surface area contributed by atoms with Crippen molar-refractivity contribution in [2.75, 3.05) is 13.7 Å². The normalized spacial score (nSPS) is 20.2. The van der Waals surface area contributed by atoms with E-state index in [1.807, 2.05) is 0 Å². The first-order valence-corrected chi connectivity index (χ1v) is 11.6. The van der Waals surface area contributed by atoms with Gasteiger partial charge in [0.15, 0.2) is 6.10 Å². The molecule has 2 unspecified atom stereocenters. The smallest absolute Gasteiger partial charge is 0.335 e. The molecule has 10 nitrogen and oxygen atoms in total. The van der Waals surface area contributed by atoms with Gasteiger partial charge < -0.3 is 33.2 Å². The molecular weight excluding hydrogens is 472 g/mol. The summed E-state index contributed by atoms with van der Waals surface area (Å²) in [5, 5.41) is 11.1. The third kappa shape index (κ3) is 6.77. The quantitative estimate of drug-likeness (QED) is 0.294. The van der Waals surface area contributed by atoms with Gasteiger partial charge in [-0.15, -0.1) is 12.3 Å². The van der Waals surface area contributed by atoms with Crippen LogP contribution < -0.4 is 4.74 Å². The van der Waals surface area contributed by atoms with E-state index in [-0.39, 0.29) is 44.7 Å². The fourth-order valence-corrected chi connectivity index (χ4v) is 4.01. The number of ether oxygens (including phenoxy) is 5. The highest BCUT2D eigenvalue weighted by atomic mass is 16.7. The molecule has 0 aliphatic carbocycles. The second-order valence-corrected chi connectivity index (χ2v) is 8.24. The monoisotopic (exact) mass is 502 g/mol. The maximum atomic E-state index is 12.1. The van der Waals surface area contributed by atoms with Crippen molar-refractivity contribution in [1.29, 1.82) is 0 Å². The minimum atomic E-state index is -0.977. The van der Waals surface area contributed by atoms with Crippen molar-refractivity contribution in [2.45, 2.75) is 70.6 Å². The van der Waals surface area contributed by atoms with Crippen LogP contribution in [0.3, 0.4) is 0 Å². The van der Waals surface area contributed by atoms with E-state index in [0.29, 0.717) is 28.0 Å². The van der Waals surface area contributed by atoms with Crippen molar-refractivity contribution in [2.24, 2.45) is 0 Å². The number of furan rings is 1. The maximum Gasteiger partial charge on any atom is 0.335 e. The first kappa shape index (κ1) is 27.0. The van der Waals surface area contributed by atoms with Crippen LogP contribution in [0.2, 0.25) is 0 Å². The molecule has 0 spiro atoms. The van der Waals surface area contributed by atoms with Crippen LogP contribution in [0.15, 0.2) is 22.6 Å². The van der Waals surface area contributed by atoms with Crippen molar-refractivity contribution >= 4 is 28.9 Å². The van der Waals surface area contributed by atoms with Crippen molar-refractivity contribution in [1.82, 2.24) is 0 Å². The van der Waals surface area contributed by atoms with Gasteiger partial charge in [0.1, 0.15) is 23.2 Å². The van der Waals surface area contributed by atoms with Crippen molar-refractivity contribution in [3.05, 3.63) is 29.5 Å². The molecule has 0 amide bonds. The van der Waals surface area contributed by atoms with Crippen LogP contribution in [-0.2, 0) is 39.8 Å². The first-order valence-electron chi connectivity index (χ1n) is 11.6. The summed E-state index contributed by atoms with van der Waals surface area (Å²) in [6.07, 6.45) is 2.66. The summed E-state index contributed by atoms with van der Waals surface area (Å²) in [6.45, 7) is 3.29. The van der Waals surface area contributed by atoms with Crippen molar-refractivity contribution < 1.29 is 47.6 Å². The highest BCUT2D eigenvalue weighted by Gasteiger charge is 2.37. The molecule has 1 saturated heterocycles. The van der Waals surface area contributed by atoms with E-state index in [1.54, 1.807) is 25.1 Å². The van der Waals surface area contributed by atoms with Crippen LogP contribution >= 0.6 is 0 Å². The van der Waals surface area contributed by atoms with Gasteiger partial charge in [0.2, 0.25) is 6.29 Å². The van der Waals surface area contributed by atoms with Gasteiger partial charge in [0.25, 0.3) is 0 Å². The Labute approximate surface area is 208 Å². The third-order valence-corrected chi connectivity index (χ3v) is 5.58. The topological polar surface area (TPSA) is 131 Å². The zero-order valence-electron chi connectivity index (χ0n) is 20.5. The Morgan fingerprint density at radius 2 is 2.06 bits per heavy atom. The molecule has 2 aromatic rings. The van der Waals surface area contributed by atoms with Crippen LogP contribution in [-0.4, -0.2) is 55.2 Å². The zero-order chi connectivity index (χ0) is 26.2. The van der Waals surface area contributed by atoms with Crippen LogP contribution in [0, 0.1) is 12.3 Å². The van der Waals surface area contributed by atoms with E-state index in [4.69, 9.17) is 34.5 Å². The summed E-state index contributed by atoms with van der Waals surface area (Å²) in [5.41, 5.74) is 0.818. The van der Waals surface area contributed by atoms with Gasteiger partial charge in [0, 0.05) is 38.2 Å². The minimum Gasteiger partial charge on any atom is -0.467 e. The number of terminal acetylenes is 1. The highest BCUT2D eigenvalue weighted by Crippen LogP contribution is 2.37. The highest BCUT2D eigenvalue weighted by molar-refractivity contribution is 5.88. The number of rotatable bonds is 10. The number of methoxy groups -OCH3 is 1. The van der Waals surface area contributed by atoms with E-state index in [0.717, 1.165) is 0 Å². The fourth-order valence-electron chi connectivity index (χ4n) is 4.01. The van der Waals surface area contributed by atoms with Gasteiger partial charge in [-0.3, -0.25) is 9.59 Å². The third-order valence-electron chi connectivity index (χ3n) is 5.58. The summed E-state index contributed by atoms with van der Waals surface area (Å²) in [7, 11) is 1.24. The molecule has 1 aliphatic heterocycles. The molecule has 194 valence electrons. The molecule has 36 heavy (non-hydrogen) atoms.